The molecule has 0 saturated carbocycles. The van der Waals surface area contributed by atoms with Gasteiger partial charge in [-0.1, -0.05) is 32.0 Å². The van der Waals surface area contributed by atoms with Gasteiger partial charge in [0.15, 0.2) is 0 Å². The van der Waals surface area contributed by atoms with Crippen molar-refractivity contribution in [1.29, 1.82) is 0 Å². The average molecular weight is 482 g/mol. The first-order chi connectivity index (χ1) is 16.2. The number of aromatic nitrogens is 3. The highest BCUT2D eigenvalue weighted by molar-refractivity contribution is 7.89. The number of nitrogens with zero attached hydrogens (tertiary/aromatic N) is 5. The molecule has 1 aliphatic heterocycles. The van der Waals surface area contributed by atoms with Gasteiger partial charge in [0, 0.05) is 25.7 Å². The average Bonchev–Trinajstić information content (AvgIpc) is 3.37. The van der Waals surface area contributed by atoms with Gasteiger partial charge < -0.3 is 4.90 Å². The molecule has 1 amide bonds. The Bertz CT molecular complexity index is 1230. The van der Waals surface area contributed by atoms with Gasteiger partial charge in [0.25, 0.3) is 5.91 Å². The molecule has 0 N–H and O–H groups in total. The van der Waals surface area contributed by atoms with Crippen LogP contribution < -0.4 is 0 Å². The van der Waals surface area contributed by atoms with Gasteiger partial charge in [0.05, 0.1) is 16.6 Å². The summed E-state index contributed by atoms with van der Waals surface area (Å²) in [4.78, 5) is 19.0. The van der Waals surface area contributed by atoms with Crippen LogP contribution in [0, 0.1) is 11.8 Å². The highest BCUT2D eigenvalue weighted by atomic mass is 32.2. The number of benzene rings is 2. The van der Waals surface area contributed by atoms with E-state index in [1.807, 2.05) is 31.2 Å². The first-order valence-electron chi connectivity index (χ1n) is 11.5. The van der Waals surface area contributed by atoms with Gasteiger partial charge in [-0.3, -0.25) is 4.79 Å². The zero-order valence-electron chi connectivity index (χ0n) is 20.0. The van der Waals surface area contributed by atoms with Gasteiger partial charge in [0.1, 0.15) is 12.7 Å². The van der Waals surface area contributed by atoms with Crippen molar-refractivity contribution in [2.45, 2.75) is 38.1 Å². The molecule has 1 saturated heterocycles. The van der Waals surface area contributed by atoms with Gasteiger partial charge >= 0.3 is 0 Å². The van der Waals surface area contributed by atoms with E-state index in [-0.39, 0.29) is 16.8 Å². The van der Waals surface area contributed by atoms with E-state index in [9.17, 15) is 13.2 Å². The van der Waals surface area contributed by atoms with E-state index < -0.39 is 10.0 Å². The zero-order chi connectivity index (χ0) is 24.5. The van der Waals surface area contributed by atoms with Crippen molar-refractivity contribution >= 4 is 15.9 Å². The Labute approximate surface area is 201 Å². The summed E-state index contributed by atoms with van der Waals surface area (Å²) < 4.78 is 29.8. The van der Waals surface area contributed by atoms with Crippen LogP contribution in [0.5, 0.6) is 0 Å². The minimum atomic E-state index is -3.66. The lowest BCUT2D eigenvalue weighted by Gasteiger charge is -2.34. The number of rotatable bonds is 6. The topological polar surface area (TPSA) is 88.4 Å². The Morgan fingerprint density at radius 1 is 1.09 bits per heavy atom. The minimum Gasteiger partial charge on any atom is -0.335 e. The number of carbonyl (C=O) groups excluding carboxylic acids is 1. The second-order valence-electron chi connectivity index (χ2n) is 9.32. The number of sulfonamides is 1. The Morgan fingerprint density at radius 2 is 1.76 bits per heavy atom. The van der Waals surface area contributed by atoms with Crippen molar-refractivity contribution in [3.05, 3.63) is 72.3 Å². The van der Waals surface area contributed by atoms with Crippen LogP contribution in [-0.4, -0.2) is 58.4 Å². The standard InChI is InChI=1S/C25H31N5O3S/c1-18-12-19(2)15-29(14-18)34(32,33)24-7-5-6-22(13-24)25(31)28(4)20(3)21-8-10-23(11-9-21)30-17-26-16-27-30/h5-11,13,16-20H,12,14-15H2,1-4H3. The molecule has 2 aromatic carbocycles. The Hall–Kier alpha value is -3.04. The predicted molar refractivity (Wildman–Crippen MR) is 130 cm³/mol. The zero-order valence-corrected chi connectivity index (χ0v) is 20.8. The predicted octanol–water partition coefficient (Wildman–Crippen LogP) is 3.77. The fourth-order valence-corrected chi connectivity index (χ4v) is 6.32. The fourth-order valence-electron chi connectivity index (χ4n) is 4.59. The van der Waals surface area contributed by atoms with Crippen LogP contribution in [0.3, 0.4) is 0 Å². The molecule has 3 unspecified atom stereocenters. The first kappa shape index (κ1) is 24.1. The summed E-state index contributed by atoms with van der Waals surface area (Å²) in [6.45, 7) is 7.11. The molecule has 0 bridgehead atoms. The molecule has 0 radical (unpaired) electrons. The van der Waals surface area contributed by atoms with Gasteiger partial charge in [-0.2, -0.15) is 9.40 Å². The summed E-state index contributed by atoms with van der Waals surface area (Å²) in [7, 11) is -1.93. The van der Waals surface area contributed by atoms with Crippen molar-refractivity contribution in [1.82, 2.24) is 24.0 Å². The molecule has 0 spiro atoms. The highest BCUT2D eigenvalue weighted by Gasteiger charge is 2.32. The molecular formula is C25H31N5O3S. The molecule has 1 aromatic heterocycles. The molecule has 34 heavy (non-hydrogen) atoms. The maximum Gasteiger partial charge on any atom is 0.254 e. The fraction of sp³-hybridized carbons (Fsp3) is 0.400. The second-order valence-corrected chi connectivity index (χ2v) is 11.3. The summed E-state index contributed by atoms with van der Waals surface area (Å²) in [6, 6.07) is 13.9. The molecule has 1 fully saturated rings. The van der Waals surface area contributed by atoms with Crippen LogP contribution in [0.15, 0.2) is 66.1 Å². The normalized spacial score (nSPS) is 20.1. The van der Waals surface area contributed by atoms with Crippen LogP contribution in [0.2, 0.25) is 0 Å². The van der Waals surface area contributed by atoms with Gasteiger partial charge in [-0.05, 0) is 61.1 Å². The summed E-state index contributed by atoms with van der Waals surface area (Å²) in [5.41, 5.74) is 2.19. The van der Waals surface area contributed by atoms with Gasteiger partial charge in [-0.25, -0.2) is 18.1 Å². The number of piperidine rings is 1. The van der Waals surface area contributed by atoms with E-state index in [1.54, 1.807) is 45.5 Å². The third kappa shape index (κ3) is 4.90. The van der Waals surface area contributed by atoms with Crippen LogP contribution >= 0.6 is 0 Å². The van der Waals surface area contributed by atoms with Crippen molar-refractivity contribution in [2.24, 2.45) is 11.8 Å². The molecule has 0 aliphatic carbocycles. The molecule has 3 aromatic rings. The van der Waals surface area contributed by atoms with E-state index in [0.29, 0.717) is 30.5 Å². The summed E-state index contributed by atoms with van der Waals surface area (Å²) in [5, 5.41) is 4.12. The van der Waals surface area contributed by atoms with Crippen LogP contribution in [0.25, 0.3) is 5.69 Å². The number of amides is 1. The lowest BCUT2D eigenvalue weighted by atomic mass is 9.94. The molecule has 3 atom stereocenters. The van der Waals surface area contributed by atoms with Crippen molar-refractivity contribution < 1.29 is 13.2 Å². The van der Waals surface area contributed by atoms with Crippen LogP contribution in [0.1, 0.15) is 49.2 Å². The molecule has 9 heteroatoms. The first-order valence-corrected chi connectivity index (χ1v) is 12.9. The lowest BCUT2D eigenvalue weighted by molar-refractivity contribution is 0.0742. The van der Waals surface area contributed by atoms with Crippen molar-refractivity contribution in [2.75, 3.05) is 20.1 Å². The molecular weight excluding hydrogens is 450 g/mol. The van der Waals surface area contributed by atoms with E-state index in [0.717, 1.165) is 17.7 Å². The molecule has 4 rings (SSSR count). The van der Waals surface area contributed by atoms with Crippen LogP contribution in [0.4, 0.5) is 0 Å². The Morgan fingerprint density at radius 3 is 2.38 bits per heavy atom. The van der Waals surface area contributed by atoms with E-state index in [2.05, 4.69) is 23.9 Å². The highest BCUT2D eigenvalue weighted by Crippen LogP contribution is 2.28. The summed E-state index contributed by atoms with van der Waals surface area (Å²) >= 11 is 0. The molecule has 2 heterocycles. The summed E-state index contributed by atoms with van der Waals surface area (Å²) in [5.74, 6) is 0.391. The number of hydrogen-bond acceptors (Lipinski definition) is 5. The molecule has 1 aliphatic rings. The smallest absolute Gasteiger partial charge is 0.254 e. The van der Waals surface area contributed by atoms with Crippen molar-refractivity contribution in [3.8, 4) is 5.69 Å². The number of carbonyl (C=O) groups is 1. The Balaban J connectivity index is 1.52. The van der Waals surface area contributed by atoms with E-state index >= 15 is 0 Å². The van der Waals surface area contributed by atoms with E-state index in [1.165, 1.54) is 12.4 Å². The van der Waals surface area contributed by atoms with Crippen LogP contribution in [-0.2, 0) is 10.0 Å². The largest absolute Gasteiger partial charge is 0.335 e. The third-order valence-corrected chi connectivity index (χ3v) is 8.34. The minimum absolute atomic E-state index is 0.165. The molecule has 180 valence electrons. The maximum atomic E-state index is 13.3. The quantitative estimate of drug-likeness (QED) is 0.535. The third-order valence-electron chi connectivity index (χ3n) is 6.51. The molecule has 8 nitrogen and oxygen atoms in total. The van der Waals surface area contributed by atoms with Gasteiger partial charge in [0.2, 0.25) is 10.0 Å². The Kier molecular flexibility index (Phi) is 6.86. The summed E-state index contributed by atoms with van der Waals surface area (Å²) in [6.07, 6.45) is 4.12. The second kappa shape index (κ2) is 9.68. The SMILES string of the molecule is CC1CC(C)CN(S(=O)(=O)c2cccc(C(=O)N(C)C(C)c3ccc(-n4cncn4)cc3)c2)C1. The van der Waals surface area contributed by atoms with E-state index in [4.69, 9.17) is 0 Å². The monoisotopic (exact) mass is 481 g/mol. The maximum absolute atomic E-state index is 13.3. The van der Waals surface area contributed by atoms with Gasteiger partial charge in [-0.15, -0.1) is 0 Å². The van der Waals surface area contributed by atoms with Crippen molar-refractivity contribution in [3.63, 3.8) is 0 Å². The lowest BCUT2D eigenvalue weighted by Crippen LogP contribution is -2.42. The number of hydrogen-bond donors (Lipinski definition) is 0.